The van der Waals surface area contributed by atoms with Gasteiger partial charge in [-0.15, -0.1) is 5.10 Å². The molecule has 21 heavy (non-hydrogen) atoms. The molecule has 0 spiro atoms. The first kappa shape index (κ1) is 15.9. The monoisotopic (exact) mass is 296 g/mol. The lowest BCUT2D eigenvalue weighted by Gasteiger charge is -2.40. The van der Waals surface area contributed by atoms with Crippen molar-refractivity contribution in [2.75, 3.05) is 32.8 Å². The van der Waals surface area contributed by atoms with Crippen molar-refractivity contribution in [3.8, 4) is 0 Å². The Balaban J connectivity index is 1.79. The molecule has 1 amide bonds. The van der Waals surface area contributed by atoms with Gasteiger partial charge in [0.1, 0.15) is 6.54 Å². The number of nitrogens with two attached hydrogens (primary N) is 1. The van der Waals surface area contributed by atoms with Crippen molar-refractivity contribution in [2.45, 2.75) is 32.5 Å². The van der Waals surface area contributed by atoms with Gasteiger partial charge in [0.25, 0.3) is 0 Å². The summed E-state index contributed by atoms with van der Waals surface area (Å²) in [7, 11) is 0. The van der Waals surface area contributed by atoms with Gasteiger partial charge in [0, 0.05) is 31.7 Å². The smallest absolute Gasteiger partial charge is 0.241 e. The molecule has 3 N–H and O–H groups in total. The first-order chi connectivity index (χ1) is 10.0. The molecule has 0 atom stereocenters. The number of nitrogens with one attached hydrogen (secondary N) is 1. The number of ether oxygens (including phenoxy) is 1. The van der Waals surface area contributed by atoms with E-state index < -0.39 is 0 Å². The van der Waals surface area contributed by atoms with Gasteiger partial charge in [0.2, 0.25) is 5.91 Å². The van der Waals surface area contributed by atoms with E-state index in [1.807, 2.05) is 0 Å². The zero-order chi connectivity index (χ0) is 15.3. The molecule has 1 aliphatic rings. The molecule has 2 heterocycles. The molecule has 1 fully saturated rings. The lowest BCUT2D eigenvalue weighted by Crippen LogP contribution is -2.55. The van der Waals surface area contributed by atoms with Crippen LogP contribution >= 0.6 is 0 Å². The van der Waals surface area contributed by atoms with E-state index in [9.17, 15) is 4.79 Å². The Morgan fingerprint density at radius 2 is 2.19 bits per heavy atom. The fraction of sp³-hybridized carbons (Fsp3) is 0.769. The summed E-state index contributed by atoms with van der Waals surface area (Å²) in [5.41, 5.74) is 6.04. The summed E-state index contributed by atoms with van der Waals surface area (Å²) in [5.74, 6) is -0.0789. The first-order valence-electron chi connectivity index (χ1n) is 7.20. The van der Waals surface area contributed by atoms with E-state index in [0.29, 0.717) is 18.8 Å². The van der Waals surface area contributed by atoms with Crippen LogP contribution in [0.3, 0.4) is 0 Å². The van der Waals surface area contributed by atoms with Crippen LogP contribution in [0.2, 0.25) is 0 Å². The van der Waals surface area contributed by atoms with Gasteiger partial charge in [-0.25, -0.2) is 4.68 Å². The Bertz CT molecular complexity index is 467. The molecule has 1 aromatic rings. The molecule has 2 rings (SSSR count). The largest absolute Gasteiger partial charge is 0.379 e. The van der Waals surface area contributed by atoms with Crippen molar-refractivity contribution in [3.63, 3.8) is 0 Å². The molecule has 8 nitrogen and oxygen atoms in total. The van der Waals surface area contributed by atoms with Crippen molar-refractivity contribution in [2.24, 2.45) is 5.73 Å². The SMILES string of the molecule is CC(C)(CNC(=O)Cn1cc(CN)nn1)N1CCOCC1. The molecular weight excluding hydrogens is 272 g/mol. The highest BCUT2D eigenvalue weighted by atomic mass is 16.5. The summed E-state index contributed by atoms with van der Waals surface area (Å²) in [4.78, 5) is 14.3. The van der Waals surface area contributed by atoms with Gasteiger partial charge in [-0.2, -0.15) is 0 Å². The molecule has 1 aromatic heterocycles. The average molecular weight is 296 g/mol. The minimum Gasteiger partial charge on any atom is -0.379 e. The number of aromatic nitrogens is 3. The standard InChI is InChI=1S/C13H24N6O2/c1-13(2,18-3-5-21-6-4-18)10-15-12(20)9-19-8-11(7-14)16-17-19/h8H,3-7,9-10,14H2,1-2H3,(H,15,20). The summed E-state index contributed by atoms with van der Waals surface area (Å²) in [6, 6.07) is 0. The van der Waals surface area contributed by atoms with Gasteiger partial charge >= 0.3 is 0 Å². The summed E-state index contributed by atoms with van der Waals surface area (Å²) in [5, 5.41) is 10.7. The average Bonchev–Trinajstić information content (AvgIpc) is 2.94. The molecule has 0 saturated carbocycles. The molecule has 0 aliphatic carbocycles. The number of morpholine rings is 1. The van der Waals surface area contributed by atoms with E-state index in [1.165, 1.54) is 4.68 Å². The van der Waals surface area contributed by atoms with E-state index in [0.717, 1.165) is 26.3 Å². The van der Waals surface area contributed by atoms with Gasteiger partial charge in [-0.3, -0.25) is 9.69 Å². The number of hydrogen-bond acceptors (Lipinski definition) is 6. The van der Waals surface area contributed by atoms with Crippen LogP contribution < -0.4 is 11.1 Å². The van der Waals surface area contributed by atoms with Crippen LogP contribution in [-0.2, 0) is 22.6 Å². The Labute approximate surface area is 124 Å². The van der Waals surface area contributed by atoms with E-state index in [2.05, 4.69) is 34.4 Å². The van der Waals surface area contributed by atoms with Crippen molar-refractivity contribution in [1.82, 2.24) is 25.2 Å². The van der Waals surface area contributed by atoms with Gasteiger partial charge in [-0.05, 0) is 13.8 Å². The molecule has 1 saturated heterocycles. The molecule has 118 valence electrons. The summed E-state index contributed by atoms with van der Waals surface area (Å²) in [6.07, 6.45) is 1.69. The Hall–Kier alpha value is -1.51. The third-order valence-corrected chi connectivity index (χ3v) is 3.69. The van der Waals surface area contributed by atoms with Gasteiger partial charge in [0.15, 0.2) is 0 Å². The summed E-state index contributed by atoms with van der Waals surface area (Å²) < 4.78 is 6.85. The van der Waals surface area contributed by atoms with Crippen LogP contribution in [0, 0.1) is 0 Å². The van der Waals surface area contributed by atoms with Gasteiger partial charge in [-0.1, -0.05) is 5.21 Å². The number of rotatable bonds is 6. The minimum absolute atomic E-state index is 0.0789. The molecule has 0 bridgehead atoms. The highest BCUT2D eigenvalue weighted by molar-refractivity contribution is 5.75. The lowest BCUT2D eigenvalue weighted by atomic mass is 10.0. The first-order valence-corrected chi connectivity index (χ1v) is 7.20. The maximum atomic E-state index is 12.0. The second-order valence-electron chi connectivity index (χ2n) is 5.80. The van der Waals surface area contributed by atoms with Gasteiger partial charge < -0.3 is 15.8 Å². The predicted molar refractivity (Wildman–Crippen MR) is 77.4 cm³/mol. The quantitative estimate of drug-likeness (QED) is 0.696. The summed E-state index contributed by atoms with van der Waals surface area (Å²) >= 11 is 0. The van der Waals surface area contributed by atoms with Crippen LogP contribution in [0.25, 0.3) is 0 Å². The van der Waals surface area contributed by atoms with Crippen molar-refractivity contribution < 1.29 is 9.53 Å². The second-order valence-corrected chi connectivity index (χ2v) is 5.80. The fourth-order valence-corrected chi connectivity index (χ4v) is 2.31. The van der Waals surface area contributed by atoms with Crippen LogP contribution in [0.4, 0.5) is 0 Å². The number of carbonyl (C=O) groups is 1. The van der Waals surface area contributed by atoms with E-state index >= 15 is 0 Å². The Kier molecular flexibility index (Phi) is 5.27. The number of carbonyl (C=O) groups excluding carboxylic acids is 1. The molecule has 0 unspecified atom stereocenters. The molecular formula is C13H24N6O2. The zero-order valence-electron chi connectivity index (χ0n) is 12.7. The van der Waals surface area contributed by atoms with Crippen molar-refractivity contribution in [3.05, 3.63) is 11.9 Å². The van der Waals surface area contributed by atoms with E-state index in [-0.39, 0.29) is 18.0 Å². The van der Waals surface area contributed by atoms with E-state index in [4.69, 9.17) is 10.5 Å². The van der Waals surface area contributed by atoms with Crippen LogP contribution in [0.15, 0.2) is 6.20 Å². The molecule has 1 aliphatic heterocycles. The van der Waals surface area contributed by atoms with E-state index in [1.54, 1.807) is 6.20 Å². The summed E-state index contributed by atoms with van der Waals surface area (Å²) in [6.45, 7) is 8.61. The highest BCUT2D eigenvalue weighted by Gasteiger charge is 2.28. The third kappa shape index (κ3) is 4.48. The Morgan fingerprint density at radius 3 is 2.81 bits per heavy atom. The van der Waals surface area contributed by atoms with Crippen LogP contribution in [0.1, 0.15) is 19.5 Å². The lowest BCUT2D eigenvalue weighted by molar-refractivity contribution is -0.122. The normalized spacial score (nSPS) is 16.9. The number of hydrogen-bond donors (Lipinski definition) is 2. The van der Waals surface area contributed by atoms with Crippen molar-refractivity contribution >= 4 is 5.91 Å². The van der Waals surface area contributed by atoms with Crippen molar-refractivity contribution in [1.29, 1.82) is 0 Å². The topological polar surface area (TPSA) is 98.3 Å². The second kappa shape index (κ2) is 6.97. The molecule has 0 aromatic carbocycles. The minimum atomic E-state index is -0.0930. The maximum Gasteiger partial charge on any atom is 0.241 e. The Morgan fingerprint density at radius 1 is 1.48 bits per heavy atom. The molecule has 8 heteroatoms. The number of amides is 1. The van der Waals surface area contributed by atoms with Gasteiger partial charge in [0.05, 0.1) is 25.1 Å². The molecule has 0 radical (unpaired) electrons. The van der Waals surface area contributed by atoms with Crippen LogP contribution in [0.5, 0.6) is 0 Å². The third-order valence-electron chi connectivity index (χ3n) is 3.69. The number of nitrogens with zero attached hydrogens (tertiary/aromatic N) is 4. The van der Waals surface area contributed by atoms with Crippen LogP contribution in [-0.4, -0.2) is 64.2 Å². The fourth-order valence-electron chi connectivity index (χ4n) is 2.31. The zero-order valence-corrected chi connectivity index (χ0v) is 12.7. The maximum absolute atomic E-state index is 12.0. The highest BCUT2D eigenvalue weighted by Crippen LogP contribution is 2.14. The predicted octanol–water partition coefficient (Wildman–Crippen LogP) is -1.04.